The van der Waals surface area contributed by atoms with Crippen molar-refractivity contribution in [3.05, 3.63) is 71.2 Å². The highest BCUT2D eigenvalue weighted by atomic mass is 35.5. The first kappa shape index (κ1) is 18.5. The molecule has 1 heterocycles. The van der Waals surface area contributed by atoms with Gasteiger partial charge in [0, 0.05) is 20.5 Å². The minimum atomic E-state index is -0.953. The van der Waals surface area contributed by atoms with Gasteiger partial charge in [-0.3, -0.25) is 0 Å². The summed E-state index contributed by atoms with van der Waals surface area (Å²) < 4.78 is 5.35. The molecule has 0 amide bonds. The smallest absolute Gasteiger partial charge is 0.337 e. The molecule has 0 atom stereocenters. The molecule has 2 N–H and O–H groups in total. The van der Waals surface area contributed by atoms with E-state index in [0.717, 1.165) is 26.9 Å². The Hall–Kier alpha value is -2.83. The SMILES string of the molecule is COc1ccc2c(c1)Sc1cccc(C(=O)O)c1N2CNc1ccc(Cl)cc1. The number of hydrogen-bond acceptors (Lipinski definition) is 5. The summed E-state index contributed by atoms with van der Waals surface area (Å²) in [6, 6.07) is 18.5. The van der Waals surface area contributed by atoms with Crippen molar-refractivity contribution in [2.45, 2.75) is 9.79 Å². The standard InChI is InChI=1S/C21H17ClN2O3S/c1-27-15-9-10-17-19(11-15)28-18-4-2-3-16(21(25)26)20(18)24(17)12-23-14-7-5-13(22)6-8-14/h2-11,23H,12H2,1H3,(H,25,26). The van der Waals surface area contributed by atoms with Gasteiger partial charge < -0.3 is 20.1 Å². The molecule has 5 nitrogen and oxygen atoms in total. The highest BCUT2D eigenvalue weighted by molar-refractivity contribution is 7.99. The zero-order valence-electron chi connectivity index (χ0n) is 15.0. The molecule has 3 aromatic rings. The van der Waals surface area contributed by atoms with E-state index in [1.807, 2.05) is 53.4 Å². The zero-order chi connectivity index (χ0) is 19.7. The number of rotatable bonds is 5. The molecule has 0 saturated heterocycles. The second kappa shape index (κ2) is 7.66. The first-order chi connectivity index (χ1) is 13.6. The topological polar surface area (TPSA) is 61.8 Å². The highest BCUT2D eigenvalue weighted by Gasteiger charge is 2.28. The van der Waals surface area contributed by atoms with E-state index >= 15 is 0 Å². The minimum absolute atomic E-state index is 0.268. The van der Waals surface area contributed by atoms with E-state index in [9.17, 15) is 9.90 Å². The molecule has 0 bridgehead atoms. The van der Waals surface area contributed by atoms with Crippen LogP contribution in [0.4, 0.5) is 17.1 Å². The summed E-state index contributed by atoms with van der Waals surface area (Å²) in [5.74, 6) is -0.194. The molecule has 1 aliphatic rings. The van der Waals surface area contributed by atoms with Gasteiger partial charge in [0.25, 0.3) is 0 Å². The summed E-state index contributed by atoms with van der Waals surface area (Å²) >= 11 is 7.50. The van der Waals surface area contributed by atoms with Gasteiger partial charge in [0.1, 0.15) is 5.75 Å². The van der Waals surface area contributed by atoms with Crippen LogP contribution in [0.5, 0.6) is 5.75 Å². The van der Waals surface area contributed by atoms with Crippen LogP contribution < -0.4 is 15.0 Å². The Kier molecular flexibility index (Phi) is 5.07. The summed E-state index contributed by atoms with van der Waals surface area (Å²) in [5.41, 5.74) is 2.77. The van der Waals surface area contributed by atoms with Crippen molar-refractivity contribution in [3.63, 3.8) is 0 Å². The molecule has 28 heavy (non-hydrogen) atoms. The van der Waals surface area contributed by atoms with E-state index in [1.165, 1.54) is 0 Å². The predicted molar refractivity (Wildman–Crippen MR) is 113 cm³/mol. The van der Waals surface area contributed by atoms with Crippen LogP contribution >= 0.6 is 23.4 Å². The fourth-order valence-corrected chi connectivity index (χ4v) is 4.41. The maximum atomic E-state index is 11.9. The van der Waals surface area contributed by atoms with E-state index in [1.54, 1.807) is 31.0 Å². The van der Waals surface area contributed by atoms with Crippen molar-refractivity contribution in [1.82, 2.24) is 0 Å². The predicted octanol–water partition coefficient (Wildman–Crippen LogP) is 5.72. The van der Waals surface area contributed by atoms with Crippen LogP contribution in [0.15, 0.2) is 70.5 Å². The number of methoxy groups -OCH3 is 1. The lowest BCUT2D eigenvalue weighted by atomic mass is 10.1. The van der Waals surface area contributed by atoms with Crippen LogP contribution in [0, 0.1) is 0 Å². The number of anilines is 3. The molecule has 0 aliphatic carbocycles. The fraction of sp³-hybridized carbons (Fsp3) is 0.0952. The normalized spacial score (nSPS) is 12.1. The molecule has 0 spiro atoms. The summed E-state index contributed by atoms with van der Waals surface area (Å²) in [6.45, 7) is 0.402. The summed E-state index contributed by atoms with van der Waals surface area (Å²) in [6.07, 6.45) is 0. The number of para-hydroxylation sites is 1. The monoisotopic (exact) mass is 412 g/mol. The number of hydrogen-bond donors (Lipinski definition) is 2. The first-order valence-electron chi connectivity index (χ1n) is 8.56. The van der Waals surface area contributed by atoms with E-state index in [4.69, 9.17) is 16.3 Å². The van der Waals surface area contributed by atoms with E-state index in [0.29, 0.717) is 17.4 Å². The molecule has 1 aliphatic heterocycles. The second-order valence-corrected chi connectivity index (χ2v) is 7.68. The second-order valence-electron chi connectivity index (χ2n) is 6.16. The maximum absolute atomic E-state index is 11.9. The third-order valence-corrected chi connectivity index (χ3v) is 5.81. The van der Waals surface area contributed by atoms with Crippen LogP contribution in [0.25, 0.3) is 0 Å². The molecule has 0 unspecified atom stereocenters. The third-order valence-electron chi connectivity index (χ3n) is 4.46. The number of nitrogens with zero attached hydrogens (tertiary/aromatic N) is 1. The number of carboxylic acids is 1. The van der Waals surface area contributed by atoms with Crippen LogP contribution in [0.1, 0.15) is 10.4 Å². The zero-order valence-corrected chi connectivity index (χ0v) is 16.6. The van der Waals surface area contributed by atoms with E-state index in [2.05, 4.69) is 5.32 Å². The highest BCUT2D eigenvalue weighted by Crippen LogP contribution is 2.50. The van der Waals surface area contributed by atoms with E-state index in [-0.39, 0.29) is 5.56 Å². The number of carboxylic acid groups (broad SMARTS) is 1. The molecule has 0 radical (unpaired) electrons. The van der Waals surface area contributed by atoms with Crippen molar-refractivity contribution < 1.29 is 14.6 Å². The fourth-order valence-electron chi connectivity index (χ4n) is 3.12. The molecular formula is C21H17ClN2O3S. The maximum Gasteiger partial charge on any atom is 0.337 e. The van der Waals surface area contributed by atoms with Crippen LogP contribution in [-0.4, -0.2) is 24.9 Å². The number of benzene rings is 3. The molecule has 0 aromatic heterocycles. The Morgan fingerprint density at radius 2 is 1.93 bits per heavy atom. The largest absolute Gasteiger partial charge is 0.497 e. The lowest BCUT2D eigenvalue weighted by Gasteiger charge is -2.34. The first-order valence-corrected chi connectivity index (χ1v) is 9.75. The van der Waals surface area contributed by atoms with Gasteiger partial charge in [0.05, 0.1) is 30.7 Å². The van der Waals surface area contributed by atoms with Crippen molar-refractivity contribution in [1.29, 1.82) is 0 Å². The number of halogens is 1. The number of carbonyl (C=O) groups is 1. The quantitative estimate of drug-likeness (QED) is 0.559. The Morgan fingerprint density at radius 3 is 2.64 bits per heavy atom. The Morgan fingerprint density at radius 1 is 1.14 bits per heavy atom. The number of fused-ring (bicyclic) bond motifs is 2. The Labute approximate surface area is 171 Å². The van der Waals surface area contributed by atoms with Gasteiger partial charge in [-0.15, -0.1) is 0 Å². The molecule has 0 saturated carbocycles. The van der Waals surface area contributed by atoms with Crippen molar-refractivity contribution in [2.24, 2.45) is 0 Å². The summed E-state index contributed by atoms with van der Waals surface area (Å²) in [4.78, 5) is 15.7. The van der Waals surface area contributed by atoms with Crippen molar-refractivity contribution in [3.8, 4) is 5.75 Å². The lowest BCUT2D eigenvalue weighted by molar-refractivity contribution is 0.0697. The Balaban J connectivity index is 1.76. The van der Waals surface area contributed by atoms with Crippen LogP contribution in [0.3, 0.4) is 0 Å². The van der Waals surface area contributed by atoms with Crippen LogP contribution in [0.2, 0.25) is 5.02 Å². The van der Waals surface area contributed by atoms with Gasteiger partial charge in [-0.25, -0.2) is 4.79 Å². The molecule has 0 fully saturated rings. The van der Waals surface area contributed by atoms with Crippen molar-refractivity contribution >= 4 is 46.4 Å². The van der Waals surface area contributed by atoms with Gasteiger partial charge in [-0.2, -0.15) is 0 Å². The van der Waals surface area contributed by atoms with Gasteiger partial charge in [0.15, 0.2) is 0 Å². The van der Waals surface area contributed by atoms with Gasteiger partial charge in [-0.05, 0) is 54.6 Å². The Bertz CT molecular complexity index is 1040. The number of nitrogens with one attached hydrogen (secondary N) is 1. The van der Waals surface area contributed by atoms with Gasteiger partial charge >= 0.3 is 5.97 Å². The minimum Gasteiger partial charge on any atom is -0.497 e. The van der Waals surface area contributed by atoms with Crippen molar-refractivity contribution in [2.75, 3.05) is 24.0 Å². The van der Waals surface area contributed by atoms with Gasteiger partial charge in [-0.1, -0.05) is 29.4 Å². The molecule has 7 heteroatoms. The van der Waals surface area contributed by atoms with Gasteiger partial charge in [0.2, 0.25) is 0 Å². The third kappa shape index (κ3) is 3.48. The molecule has 3 aromatic carbocycles. The average Bonchev–Trinajstić information content (AvgIpc) is 2.71. The number of aromatic carboxylic acids is 1. The lowest BCUT2D eigenvalue weighted by Crippen LogP contribution is -2.28. The molecule has 142 valence electrons. The average molecular weight is 413 g/mol. The number of ether oxygens (including phenoxy) is 1. The summed E-state index contributed by atoms with van der Waals surface area (Å²) in [5, 5.41) is 13.7. The molecule has 4 rings (SSSR count). The molecular weight excluding hydrogens is 396 g/mol. The van der Waals surface area contributed by atoms with E-state index < -0.39 is 5.97 Å². The summed E-state index contributed by atoms with van der Waals surface area (Å²) in [7, 11) is 1.63. The van der Waals surface area contributed by atoms with Crippen LogP contribution in [-0.2, 0) is 0 Å².